The largest absolute Gasteiger partial charge is 0.355 e. The van der Waals surface area contributed by atoms with E-state index in [1.807, 2.05) is 23.0 Å². The summed E-state index contributed by atoms with van der Waals surface area (Å²) in [5.41, 5.74) is 2.55. The molecule has 1 unspecified atom stereocenters. The van der Waals surface area contributed by atoms with Crippen LogP contribution in [0.25, 0.3) is 11.2 Å². The molecule has 6 nitrogen and oxygen atoms in total. The number of aromatic nitrogens is 4. The lowest BCUT2D eigenvalue weighted by atomic mass is 10.00. The topological polar surface area (TPSA) is 50.1 Å². The minimum atomic E-state index is -0.0725. The van der Waals surface area contributed by atoms with Gasteiger partial charge in [-0.1, -0.05) is 35.7 Å². The fourth-order valence-corrected chi connectivity index (χ4v) is 5.53. The molecule has 0 saturated carbocycles. The van der Waals surface area contributed by atoms with Crippen molar-refractivity contribution in [3.8, 4) is 0 Å². The molecule has 8 heteroatoms. The first-order valence-electron chi connectivity index (χ1n) is 11.2. The number of likely N-dealkylation sites (tertiary alicyclic amines) is 1. The van der Waals surface area contributed by atoms with Gasteiger partial charge in [-0.2, -0.15) is 5.10 Å². The summed E-state index contributed by atoms with van der Waals surface area (Å²) in [5, 5.41) is 5.83. The van der Waals surface area contributed by atoms with E-state index in [1.54, 1.807) is 12.3 Å². The summed E-state index contributed by atoms with van der Waals surface area (Å²) in [6.45, 7) is 6.64. The number of fused-ring (bicyclic) bond motifs is 1. The van der Waals surface area contributed by atoms with Gasteiger partial charge in [0.15, 0.2) is 5.65 Å². The van der Waals surface area contributed by atoms with Gasteiger partial charge in [0.1, 0.15) is 11.3 Å². The molecule has 0 radical (unpaired) electrons. The van der Waals surface area contributed by atoms with Gasteiger partial charge in [0.05, 0.1) is 18.4 Å². The molecule has 31 heavy (non-hydrogen) atoms. The van der Waals surface area contributed by atoms with Crippen LogP contribution in [0.15, 0.2) is 30.6 Å². The van der Waals surface area contributed by atoms with Crippen LogP contribution >= 0.6 is 23.2 Å². The maximum Gasteiger partial charge on any atom is 0.179 e. The first-order chi connectivity index (χ1) is 15.1. The zero-order valence-electron chi connectivity index (χ0n) is 17.8. The van der Waals surface area contributed by atoms with E-state index < -0.39 is 0 Å². The Hall–Kier alpha value is -1.89. The molecule has 4 heterocycles. The Kier molecular flexibility index (Phi) is 6.04. The maximum atomic E-state index is 6.45. The molecule has 3 aromatic rings. The van der Waals surface area contributed by atoms with E-state index in [2.05, 4.69) is 26.8 Å². The molecule has 2 saturated heterocycles. The van der Waals surface area contributed by atoms with Gasteiger partial charge in [-0.05, 0) is 63.4 Å². The van der Waals surface area contributed by atoms with Crippen LogP contribution in [-0.2, 0) is 0 Å². The van der Waals surface area contributed by atoms with Crippen LogP contribution in [0.4, 0.5) is 5.82 Å². The number of benzene rings is 1. The molecule has 164 valence electrons. The second kappa shape index (κ2) is 8.93. The summed E-state index contributed by atoms with van der Waals surface area (Å²) >= 11 is 12.5. The third-order valence-corrected chi connectivity index (χ3v) is 7.33. The quantitative estimate of drug-likeness (QED) is 0.537. The molecule has 2 aliphatic rings. The fourth-order valence-electron chi connectivity index (χ4n) is 4.96. The van der Waals surface area contributed by atoms with Crippen molar-refractivity contribution in [2.45, 2.75) is 51.1 Å². The van der Waals surface area contributed by atoms with Crippen molar-refractivity contribution in [3.05, 3.63) is 46.2 Å². The van der Waals surface area contributed by atoms with Gasteiger partial charge in [0.25, 0.3) is 0 Å². The number of piperidine rings is 2. The monoisotopic (exact) mass is 458 g/mol. The lowest BCUT2D eigenvalue weighted by molar-refractivity contribution is 0.141. The molecule has 0 aliphatic carbocycles. The highest BCUT2D eigenvalue weighted by molar-refractivity contribution is 6.35. The standard InChI is InChI=1S/C23H28Cl2N6/c1-16(19-6-5-17(24)13-20(19)25)31-23-21(14-27-31)26-15-22(28-23)30-11-7-18(8-12-30)29-9-3-2-4-10-29/h5-6,13-16,18H,2-4,7-12H2,1H3. The Morgan fingerprint density at radius 2 is 1.77 bits per heavy atom. The first kappa shape index (κ1) is 21.0. The molecule has 0 spiro atoms. The van der Waals surface area contributed by atoms with Crippen molar-refractivity contribution in [3.63, 3.8) is 0 Å². The number of hydrogen-bond acceptors (Lipinski definition) is 5. The Labute approximate surface area is 193 Å². The molecule has 0 N–H and O–H groups in total. The predicted octanol–water partition coefficient (Wildman–Crippen LogP) is 5.20. The van der Waals surface area contributed by atoms with E-state index in [9.17, 15) is 0 Å². The zero-order valence-corrected chi connectivity index (χ0v) is 19.4. The van der Waals surface area contributed by atoms with Crippen molar-refractivity contribution in [1.29, 1.82) is 0 Å². The van der Waals surface area contributed by atoms with E-state index in [0.717, 1.165) is 35.6 Å². The Morgan fingerprint density at radius 1 is 1.00 bits per heavy atom. The van der Waals surface area contributed by atoms with Gasteiger partial charge in [-0.3, -0.25) is 0 Å². The molecular weight excluding hydrogens is 431 g/mol. The number of nitrogens with zero attached hydrogens (tertiary/aromatic N) is 6. The van der Waals surface area contributed by atoms with E-state index >= 15 is 0 Å². The van der Waals surface area contributed by atoms with Crippen molar-refractivity contribution < 1.29 is 0 Å². The molecule has 2 fully saturated rings. The summed E-state index contributed by atoms with van der Waals surface area (Å²) in [6, 6.07) is 6.21. The van der Waals surface area contributed by atoms with Gasteiger partial charge in [0.2, 0.25) is 0 Å². The van der Waals surface area contributed by atoms with Crippen LogP contribution in [0.1, 0.15) is 50.6 Å². The average molecular weight is 459 g/mol. The average Bonchev–Trinajstić information content (AvgIpc) is 3.23. The SMILES string of the molecule is CC(c1ccc(Cl)cc1Cl)n1ncc2ncc(N3CCC(N4CCCCC4)CC3)nc21. The maximum absolute atomic E-state index is 6.45. The predicted molar refractivity (Wildman–Crippen MR) is 126 cm³/mol. The van der Waals surface area contributed by atoms with Gasteiger partial charge < -0.3 is 9.80 Å². The highest BCUT2D eigenvalue weighted by atomic mass is 35.5. The van der Waals surface area contributed by atoms with Crippen LogP contribution in [0, 0.1) is 0 Å². The molecule has 2 aromatic heterocycles. The van der Waals surface area contributed by atoms with Crippen molar-refractivity contribution in [2.75, 3.05) is 31.1 Å². The number of anilines is 1. The van der Waals surface area contributed by atoms with Crippen molar-refractivity contribution in [1.82, 2.24) is 24.6 Å². The normalized spacial score (nSPS) is 19.8. The van der Waals surface area contributed by atoms with Gasteiger partial charge in [0, 0.05) is 29.2 Å². The molecule has 1 atom stereocenters. The number of halogens is 2. The molecule has 0 bridgehead atoms. The fraction of sp³-hybridized carbons (Fsp3) is 0.522. The Balaban J connectivity index is 1.35. The zero-order chi connectivity index (χ0) is 21.4. The van der Waals surface area contributed by atoms with Crippen LogP contribution in [0.3, 0.4) is 0 Å². The van der Waals surface area contributed by atoms with Gasteiger partial charge >= 0.3 is 0 Å². The number of hydrogen-bond donors (Lipinski definition) is 0. The third-order valence-electron chi connectivity index (χ3n) is 6.77. The molecular formula is C23H28Cl2N6. The summed E-state index contributed by atoms with van der Waals surface area (Å²) in [6.07, 6.45) is 10.1. The highest BCUT2D eigenvalue weighted by Gasteiger charge is 2.27. The molecule has 0 amide bonds. The van der Waals surface area contributed by atoms with Crippen LogP contribution in [-0.4, -0.2) is 56.9 Å². The third kappa shape index (κ3) is 4.26. The van der Waals surface area contributed by atoms with Gasteiger partial charge in [-0.25, -0.2) is 14.6 Å². The van der Waals surface area contributed by atoms with Crippen LogP contribution in [0.2, 0.25) is 10.0 Å². The van der Waals surface area contributed by atoms with Crippen molar-refractivity contribution >= 4 is 40.2 Å². The Morgan fingerprint density at radius 3 is 2.52 bits per heavy atom. The van der Waals surface area contributed by atoms with E-state index in [4.69, 9.17) is 28.2 Å². The number of rotatable bonds is 4. The second-order valence-electron chi connectivity index (χ2n) is 8.68. The van der Waals surface area contributed by atoms with Gasteiger partial charge in [-0.15, -0.1) is 0 Å². The smallest absolute Gasteiger partial charge is 0.179 e. The van der Waals surface area contributed by atoms with E-state index in [1.165, 1.54) is 45.2 Å². The summed E-state index contributed by atoms with van der Waals surface area (Å²) in [4.78, 5) is 14.7. The van der Waals surface area contributed by atoms with Crippen molar-refractivity contribution in [2.24, 2.45) is 0 Å². The lowest BCUT2D eigenvalue weighted by Gasteiger charge is -2.40. The Bertz CT molecular complexity index is 1050. The second-order valence-corrected chi connectivity index (χ2v) is 9.53. The van der Waals surface area contributed by atoms with Crippen LogP contribution in [0.5, 0.6) is 0 Å². The minimum absolute atomic E-state index is 0.0725. The van der Waals surface area contributed by atoms with E-state index in [0.29, 0.717) is 16.1 Å². The van der Waals surface area contributed by atoms with E-state index in [-0.39, 0.29) is 6.04 Å². The molecule has 1 aromatic carbocycles. The summed E-state index contributed by atoms with van der Waals surface area (Å²) in [5.74, 6) is 0.931. The molecule has 5 rings (SSSR count). The minimum Gasteiger partial charge on any atom is -0.355 e. The molecule has 2 aliphatic heterocycles. The highest BCUT2D eigenvalue weighted by Crippen LogP contribution is 2.30. The lowest BCUT2D eigenvalue weighted by Crippen LogP contribution is -2.47. The van der Waals surface area contributed by atoms with Crippen LogP contribution < -0.4 is 4.90 Å². The first-order valence-corrected chi connectivity index (χ1v) is 12.0. The summed E-state index contributed by atoms with van der Waals surface area (Å²) < 4.78 is 1.90. The summed E-state index contributed by atoms with van der Waals surface area (Å²) in [7, 11) is 0.